The Morgan fingerprint density at radius 1 is 1.50 bits per heavy atom. The van der Waals surface area contributed by atoms with Gasteiger partial charge in [-0.2, -0.15) is 0 Å². The summed E-state index contributed by atoms with van der Waals surface area (Å²) in [5.41, 5.74) is -6.18. The van der Waals surface area contributed by atoms with E-state index in [0.717, 1.165) is 19.2 Å². The zero-order valence-electron chi connectivity index (χ0n) is 13.7. The molecule has 1 aromatic heterocycles. The highest BCUT2D eigenvalue weighted by Crippen LogP contribution is 2.47. The van der Waals surface area contributed by atoms with Crippen LogP contribution in [0, 0.1) is 0 Å². The highest BCUT2D eigenvalue weighted by Gasteiger charge is 2.63. The first kappa shape index (κ1) is 18.3. The molecule has 0 aliphatic carbocycles. The van der Waals surface area contributed by atoms with E-state index < -0.39 is 40.8 Å². The molecular formula is C15H21FN2O6. The van der Waals surface area contributed by atoms with Gasteiger partial charge >= 0.3 is 11.7 Å². The number of aromatic amines is 1. The van der Waals surface area contributed by atoms with E-state index in [1.807, 2.05) is 0 Å². The molecule has 1 aliphatic rings. The molecule has 2 unspecified atom stereocenters. The number of carbonyl (C=O) groups excluding carboxylic acids is 1. The first-order valence-electron chi connectivity index (χ1n) is 7.65. The Hall–Kier alpha value is -2.00. The van der Waals surface area contributed by atoms with E-state index in [1.54, 1.807) is 6.92 Å². The summed E-state index contributed by atoms with van der Waals surface area (Å²) in [6, 6.07) is 1.05. The number of ether oxygens (including phenoxy) is 2. The molecule has 0 radical (unpaired) electrons. The number of aliphatic hydroxyl groups is 1. The number of carbonyl (C=O) groups is 1. The van der Waals surface area contributed by atoms with Crippen LogP contribution in [-0.4, -0.2) is 44.6 Å². The van der Waals surface area contributed by atoms with Gasteiger partial charge in [0.05, 0.1) is 0 Å². The molecule has 134 valence electrons. The lowest BCUT2D eigenvalue weighted by Crippen LogP contribution is -2.54. The first-order chi connectivity index (χ1) is 11.1. The molecule has 0 aromatic carbocycles. The number of halogens is 1. The molecule has 1 aromatic rings. The maximum Gasteiger partial charge on any atom is 0.330 e. The Labute approximate surface area is 137 Å². The van der Waals surface area contributed by atoms with Gasteiger partial charge in [-0.25, -0.2) is 13.8 Å². The van der Waals surface area contributed by atoms with Crippen molar-refractivity contribution < 1.29 is 23.8 Å². The fraction of sp³-hybridized carbons (Fsp3) is 0.667. The predicted octanol–water partition coefficient (Wildman–Crippen LogP) is 0.256. The molecule has 0 spiro atoms. The Balaban J connectivity index is 2.31. The summed E-state index contributed by atoms with van der Waals surface area (Å²) >= 11 is 0. The molecule has 9 heteroatoms. The van der Waals surface area contributed by atoms with Crippen LogP contribution in [0.4, 0.5) is 4.39 Å². The quantitative estimate of drug-likeness (QED) is 0.741. The summed E-state index contributed by atoms with van der Waals surface area (Å²) in [5, 5.41) is 10.5. The number of aromatic nitrogens is 2. The lowest BCUT2D eigenvalue weighted by atomic mass is 9.84. The number of hydrogen-bond donors (Lipinski definition) is 2. The smallest absolute Gasteiger partial charge is 0.330 e. The van der Waals surface area contributed by atoms with E-state index in [1.165, 1.54) is 6.92 Å². The third kappa shape index (κ3) is 3.01. The predicted molar refractivity (Wildman–Crippen MR) is 81.2 cm³/mol. The van der Waals surface area contributed by atoms with E-state index >= 15 is 4.39 Å². The molecule has 4 atom stereocenters. The number of nitrogens with zero attached hydrogens (tertiary/aromatic N) is 1. The van der Waals surface area contributed by atoms with Crippen molar-refractivity contribution in [1.29, 1.82) is 0 Å². The number of rotatable bonds is 5. The van der Waals surface area contributed by atoms with E-state index in [9.17, 15) is 19.5 Å². The van der Waals surface area contributed by atoms with Crippen molar-refractivity contribution >= 4 is 5.97 Å². The van der Waals surface area contributed by atoms with Crippen LogP contribution in [0.3, 0.4) is 0 Å². The zero-order valence-corrected chi connectivity index (χ0v) is 13.7. The van der Waals surface area contributed by atoms with E-state index in [2.05, 4.69) is 4.98 Å². The second-order valence-corrected chi connectivity index (χ2v) is 6.12. The molecule has 2 heterocycles. The molecule has 1 fully saturated rings. The minimum atomic E-state index is -2.47. The third-order valence-corrected chi connectivity index (χ3v) is 4.35. The van der Waals surface area contributed by atoms with Crippen molar-refractivity contribution in [3.05, 3.63) is 33.1 Å². The van der Waals surface area contributed by atoms with Crippen LogP contribution in [0.1, 0.15) is 39.8 Å². The summed E-state index contributed by atoms with van der Waals surface area (Å²) in [5.74, 6) is -0.504. The van der Waals surface area contributed by atoms with Crippen LogP contribution in [0.5, 0.6) is 0 Å². The average Bonchev–Trinajstić information content (AvgIpc) is 2.65. The number of nitrogens with one attached hydrogen (secondary N) is 1. The Kier molecular flexibility index (Phi) is 4.95. The van der Waals surface area contributed by atoms with E-state index in [0.29, 0.717) is 11.0 Å². The van der Waals surface area contributed by atoms with Gasteiger partial charge in [-0.1, -0.05) is 6.92 Å². The van der Waals surface area contributed by atoms with Gasteiger partial charge in [0.1, 0.15) is 18.3 Å². The van der Waals surface area contributed by atoms with Gasteiger partial charge in [0.25, 0.3) is 5.56 Å². The lowest BCUT2D eigenvalue weighted by Gasteiger charge is -2.32. The molecule has 1 aliphatic heterocycles. The third-order valence-electron chi connectivity index (χ3n) is 4.35. The standard InChI is InChI=1S/C15H21FN2O6/c1-4-5-11(20)23-8-9-15(3,22)14(2,16)12(24-9)18-10(19)6-7-17-13(18)21/h6-7,9,12,22H,4-5,8H2,1-3H3,(H,17,21)/t9-,12?,14+,15?/m1/s1. The Bertz CT molecular complexity index is 695. The van der Waals surface area contributed by atoms with E-state index in [-0.39, 0.29) is 13.0 Å². The van der Waals surface area contributed by atoms with Crippen molar-refractivity contribution in [2.24, 2.45) is 0 Å². The van der Waals surface area contributed by atoms with Crippen LogP contribution < -0.4 is 11.2 Å². The second kappa shape index (κ2) is 6.48. The van der Waals surface area contributed by atoms with Gasteiger partial charge in [0.15, 0.2) is 11.9 Å². The SMILES string of the molecule is CCCC(=O)OC[C@H]1OC(n2c(=O)cc[nH]c2=O)[C@](C)(F)C1(C)O. The molecular weight excluding hydrogens is 323 g/mol. The van der Waals surface area contributed by atoms with Gasteiger partial charge < -0.3 is 19.6 Å². The monoisotopic (exact) mass is 344 g/mol. The maximum absolute atomic E-state index is 15.2. The zero-order chi connectivity index (χ0) is 18.1. The van der Waals surface area contributed by atoms with Crippen molar-refractivity contribution in [2.75, 3.05) is 6.61 Å². The largest absolute Gasteiger partial charge is 0.463 e. The fourth-order valence-electron chi connectivity index (χ4n) is 2.59. The first-order valence-corrected chi connectivity index (χ1v) is 7.65. The molecule has 1 saturated heterocycles. The van der Waals surface area contributed by atoms with Crippen LogP contribution in [-0.2, 0) is 14.3 Å². The Morgan fingerprint density at radius 2 is 2.17 bits per heavy atom. The van der Waals surface area contributed by atoms with Crippen LogP contribution in [0.2, 0.25) is 0 Å². The lowest BCUT2D eigenvalue weighted by molar-refractivity contribution is -0.153. The molecule has 0 amide bonds. The summed E-state index contributed by atoms with van der Waals surface area (Å²) in [4.78, 5) is 37.5. The van der Waals surface area contributed by atoms with Crippen LogP contribution in [0.15, 0.2) is 21.9 Å². The highest BCUT2D eigenvalue weighted by atomic mass is 19.1. The number of esters is 1. The summed E-state index contributed by atoms with van der Waals surface area (Å²) in [6.45, 7) is 3.62. The van der Waals surface area contributed by atoms with Crippen molar-refractivity contribution in [3.8, 4) is 0 Å². The second-order valence-electron chi connectivity index (χ2n) is 6.12. The minimum absolute atomic E-state index is 0.184. The van der Waals surface area contributed by atoms with E-state index in [4.69, 9.17) is 9.47 Å². The number of H-pyrrole nitrogens is 1. The molecule has 2 rings (SSSR count). The molecule has 8 nitrogen and oxygen atoms in total. The molecule has 0 bridgehead atoms. The van der Waals surface area contributed by atoms with Gasteiger partial charge in [-0.3, -0.25) is 9.59 Å². The van der Waals surface area contributed by atoms with Crippen molar-refractivity contribution in [2.45, 2.75) is 57.2 Å². The van der Waals surface area contributed by atoms with Gasteiger partial charge in [-0.15, -0.1) is 0 Å². The highest BCUT2D eigenvalue weighted by molar-refractivity contribution is 5.69. The van der Waals surface area contributed by atoms with Gasteiger partial charge in [0.2, 0.25) is 0 Å². The molecule has 24 heavy (non-hydrogen) atoms. The van der Waals surface area contributed by atoms with Gasteiger partial charge in [0, 0.05) is 18.7 Å². The van der Waals surface area contributed by atoms with Crippen molar-refractivity contribution in [1.82, 2.24) is 9.55 Å². The normalized spacial score (nSPS) is 32.7. The van der Waals surface area contributed by atoms with Crippen LogP contribution in [0.25, 0.3) is 0 Å². The number of alkyl halides is 1. The molecule has 0 saturated carbocycles. The molecule has 2 N–H and O–H groups in total. The van der Waals surface area contributed by atoms with Crippen molar-refractivity contribution in [3.63, 3.8) is 0 Å². The van der Waals surface area contributed by atoms with Gasteiger partial charge in [-0.05, 0) is 20.3 Å². The summed E-state index contributed by atoms with van der Waals surface area (Å²) < 4.78 is 26.1. The Morgan fingerprint density at radius 3 is 2.75 bits per heavy atom. The van der Waals surface area contributed by atoms with Crippen LogP contribution >= 0.6 is 0 Å². The summed E-state index contributed by atoms with van der Waals surface area (Å²) in [6.07, 6.45) is -0.986. The number of hydrogen-bond acceptors (Lipinski definition) is 6. The topological polar surface area (TPSA) is 111 Å². The average molecular weight is 344 g/mol. The maximum atomic E-state index is 15.2. The minimum Gasteiger partial charge on any atom is -0.463 e. The summed E-state index contributed by atoms with van der Waals surface area (Å²) in [7, 11) is 0. The fourth-order valence-corrected chi connectivity index (χ4v) is 2.59.